The van der Waals surface area contributed by atoms with Crippen molar-refractivity contribution in [2.75, 3.05) is 38.7 Å². The highest BCUT2D eigenvalue weighted by molar-refractivity contribution is 9.10. The lowest BCUT2D eigenvalue weighted by Gasteiger charge is -2.17. The molecule has 2 heterocycles. The highest BCUT2D eigenvalue weighted by Crippen LogP contribution is 2.33. The van der Waals surface area contributed by atoms with Crippen LogP contribution in [-0.2, 0) is 15.7 Å². The number of H-pyrrole nitrogens is 1. The predicted octanol–water partition coefficient (Wildman–Crippen LogP) is 4.95. The van der Waals surface area contributed by atoms with Crippen molar-refractivity contribution >= 4 is 27.5 Å². The normalized spacial score (nSPS) is 15.8. The number of methoxy groups -OCH3 is 1. The smallest absolute Gasteiger partial charge is 0.432 e. The number of rotatable bonds is 7. The maximum absolute atomic E-state index is 13.0. The van der Waals surface area contributed by atoms with E-state index in [0.29, 0.717) is 30.0 Å². The highest BCUT2D eigenvalue weighted by atomic mass is 79.9. The van der Waals surface area contributed by atoms with Gasteiger partial charge in [-0.3, -0.25) is 9.69 Å². The molecule has 7 nitrogen and oxygen atoms in total. The molecule has 2 N–H and O–H groups in total. The summed E-state index contributed by atoms with van der Waals surface area (Å²) < 4.78 is 51.2. The number of halogens is 4. The van der Waals surface area contributed by atoms with E-state index in [9.17, 15) is 18.0 Å². The quantitative estimate of drug-likeness (QED) is 0.389. The molecule has 0 bridgehead atoms. The van der Waals surface area contributed by atoms with E-state index < -0.39 is 17.8 Å². The minimum Gasteiger partial charge on any atom is -0.490 e. The van der Waals surface area contributed by atoms with E-state index in [1.165, 1.54) is 6.07 Å². The molecule has 1 amide bonds. The van der Waals surface area contributed by atoms with Crippen LogP contribution in [0.15, 0.2) is 53.1 Å². The van der Waals surface area contributed by atoms with E-state index in [-0.39, 0.29) is 17.6 Å². The minimum atomic E-state index is -4.55. The maximum Gasteiger partial charge on any atom is 0.432 e. The maximum atomic E-state index is 13.0. The van der Waals surface area contributed by atoms with E-state index in [1.807, 2.05) is 6.07 Å². The largest absolute Gasteiger partial charge is 0.490 e. The lowest BCUT2D eigenvalue weighted by atomic mass is 10.1. The number of likely N-dealkylation sites (tertiary alicyclic amines) is 1. The SMILES string of the molecule is COC1CCN(CCOc2ccc(-c3ncc(C(F)(F)F)[nH]3)cc2NC(=O)C#Cc2cccc(Br)c2)C1. The topological polar surface area (TPSA) is 79.5 Å². The fourth-order valence-electron chi connectivity index (χ4n) is 3.84. The van der Waals surface area contributed by atoms with Crippen LogP contribution in [0.25, 0.3) is 11.4 Å². The Bertz CT molecular complexity index is 1320. The lowest BCUT2D eigenvalue weighted by molar-refractivity contribution is -0.140. The van der Waals surface area contributed by atoms with Crippen LogP contribution in [0, 0.1) is 11.8 Å². The molecular formula is C26H24BrF3N4O3. The van der Waals surface area contributed by atoms with Crippen LogP contribution < -0.4 is 10.1 Å². The Kier molecular flexibility index (Phi) is 8.53. The second-order valence-electron chi connectivity index (χ2n) is 8.36. The number of anilines is 1. The number of aromatic amines is 1. The summed E-state index contributed by atoms with van der Waals surface area (Å²) in [6.45, 7) is 2.72. The molecular weight excluding hydrogens is 553 g/mol. The third-order valence-corrected chi connectivity index (χ3v) is 6.25. The van der Waals surface area contributed by atoms with Crippen molar-refractivity contribution < 1.29 is 27.4 Å². The van der Waals surface area contributed by atoms with Crippen molar-refractivity contribution in [3.05, 3.63) is 64.4 Å². The molecule has 0 aliphatic carbocycles. The molecule has 0 saturated carbocycles. The van der Waals surface area contributed by atoms with E-state index >= 15 is 0 Å². The van der Waals surface area contributed by atoms with Gasteiger partial charge in [0.1, 0.15) is 23.9 Å². The second kappa shape index (κ2) is 11.8. The molecule has 1 aromatic heterocycles. The summed E-state index contributed by atoms with van der Waals surface area (Å²) in [6.07, 6.45) is -2.67. The van der Waals surface area contributed by atoms with Gasteiger partial charge in [0, 0.05) is 48.3 Å². The minimum absolute atomic E-state index is 0.0114. The van der Waals surface area contributed by atoms with Gasteiger partial charge in [0.15, 0.2) is 0 Å². The van der Waals surface area contributed by atoms with E-state index in [0.717, 1.165) is 30.2 Å². The number of hydrogen-bond acceptors (Lipinski definition) is 5. The van der Waals surface area contributed by atoms with Gasteiger partial charge in [-0.25, -0.2) is 4.98 Å². The summed E-state index contributed by atoms with van der Waals surface area (Å²) in [5.41, 5.74) is 0.297. The summed E-state index contributed by atoms with van der Waals surface area (Å²) in [5, 5.41) is 2.69. The number of nitrogens with zero attached hydrogens (tertiary/aromatic N) is 2. The Morgan fingerprint density at radius 1 is 1.30 bits per heavy atom. The number of amides is 1. The lowest BCUT2D eigenvalue weighted by Crippen LogP contribution is -2.27. The molecule has 1 aliphatic heterocycles. The molecule has 1 saturated heterocycles. The molecule has 1 atom stereocenters. The summed E-state index contributed by atoms with van der Waals surface area (Å²) in [6, 6.07) is 11.9. The van der Waals surface area contributed by atoms with Crippen LogP contribution in [0.5, 0.6) is 5.75 Å². The van der Waals surface area contributed by atoms with Gasteiger partial charge >= 0.3 is 12.1 Å². The zero-order valence-corrected chi connectivity index (χ0v) is 21.4. The molecule has 11 heteroatoms. The van der Waals surface area contributed by atoms with Crippen LogP contribution in [0.2, 0.25) is 0 Å². The molecule has 0 spiro atoms. The van der Waals surface area contributed by atoms with E-state index in [2.05, 4.69) is 48.0 Å². The molecule has 37 heavy (non-hydrogen) atoms. The van der Waals surface area contributed by atoms with Gasteiger partial charge in [-0.1, -0.05) is 27.9 Å². The summed E-state index contributed by atoms with van der Waals surface area (Å²) in [5.74, 6) is 5.09. The van der Waals surface area contributed by atoms with Gasteiger partial charge in [0.25, 0.3) is 0 Å². The Hall–Kier alpha value is -3.33. The fourth-order valence-corrected chi connectivity index (χ4v) is 4.24. The van der Waals surface area contributed by atoms with Crippen molar-refractivity contribution in [2.45, 2.75) is 18.7 Å². The van der Waals surface area contributed by atoms with Crippen LogP contribution in [-0.4, -0.2) is 60.2 Å². The summed E-state index contributed by atoms with van der Waals surface area (Å²) in [4.78, 5) is 20.9. The van der Waals surface area contributed by atoms with Gasteiger partial charge in [-0.05, 0) is 42.8 Å². The second-order valence-corrected chi connectivity index (χ2v) is 9.28. The van der Waals surface area contributed by atoms with Crippen molar-refractivity contribution in [1.82, 2.24) is 14.9 Å². The van der Waals surface area contributed by atoms with Crippen molar-refractivity contribution in [2.24, 2.45) is 0 Å². The van der Waals surface area contributed by atoms with Gasteiger partial charge in [0.05, 0.1) is 18.0 Å². The molecule has 3 aromatic rings. The Labute approximate surface area is 220 Å². The Balaban J connectivity index is 1.52. The molecule has 194 valence electrons. The third-order valence-electron chi connectivity index (χ3n) is 5.75. The van der Waals surface area contributed by atoms with E-state index in [4.69, 9.17) is 9.47 Å². The number of benzene rings is 2. The number of carbonyl (C=O) groups is 1. The first kappa shape index (κ1) is 26.7. The van der Waals surface area contributed by atoms with Crippen molar-refractivity contribution in [1.29, 1.82) is 0 Å². The zero-order chi connectivity index (χ0) is 26.4. The first-order valence-corrected chi connectivity index (χ1v) is 12.2. The number of imidazole rings is 1. The number of carbonyl (C=O) groups excluding carboxylic acids is 1. The first-order valence-electron chi connectivity index (χ1n) is 11.4. The number of hydrogen-bond donors (Lipinski definition) is 2. The number of alkyl halides is 3. The fraction of sp³-hybridized carbons (Fsp3) is 0.308. The molecule has 1 fully saturated rings. The van der Waals surface area contributed by atoms with Crippen molar-refractivity contribution in [3.8, 4) is 29.0 Å². The average molecular weight is 577 g/mol. The zero-order valence-electron chi connectivity index (χ0n) is 19.9. The number of aromatic nitrogens is 2. The van der Waals surface area contributed by atoms with Gasteiger partial charge < -0.3 is 19.8 Å². The average Bonchev–Trinajstić information content (AvgIpc) is 3.54. The number of ether oxygens (including phenoxy) is 2. The monoisotopic (exact) mass is 576 g/mol. The standard InChI is InChI=1S/C26H24BrF3N4O3/c1-36-20-9-10-34(16-20)11-12-37-22-7-6-18(25-31-15-23(33-25)26(28,29)30)14-21(22)32-24(35)8-5-17-3-2-4-19(27)13-17/h2-4,6-7,13-15,20H,9-12,16H2,1H3,(H,31,33)(H,32,35). The van der Waals surface area contributed by atoms with E-state index in [1.54, 1.807) is 37.4 Å². The van der Waals surface area contributed by atoms with Crippen LogP contribution >= 0.6 is 15.9 Å². The van der Waals surface area contributed by atoms with Crippen LogP contribution in [0.3, 0.4) is 0 Å². The Morgan fingerprint density at radius 2 is 2.14 bits per heavy atom. The molecule has 4 rings (SSSR count). The highest BCUT2D eigenvalue weighted by Gasteiger charge is 2.33. The Morgan fingerprint density at radius 3 is 2.84 bits per heavy atom. The van der Waals surface area contributed by atoms with Gasteiger partial charge in [0.2, 0.25) is 0 Å². The van der Waals surface area contributed by atoms with Crippen LogP contribution in [0.4, 0.5) is 18.9 Å². The van der Waals surface area contributed by atoms with Gasteiger partial charge in [-0.15, -0.1) is 0 Å². The van der Waals surface area contributed by atoms with Crippen LogP contribution in [0.1, 0.15) is 17.7 Å². The number of nitrogens with one attached hydrogen (secondary N) is 2. The third kappa shape index (κ3) is 7.35. The van der Waals surface area contributed by atoms with Gasteiger partial charge in [-0.2, -0.15) is 13.2 Å². The molecule has 0 radical (unpaired) electrons. The first-order chi connectivity index (χ1) is 17.7. The summed E-state index contributed by atoms with van der Waals surface area (Å²) >= 11 is 3.36. The predicted molar refractivity (Wildman–Crippen MR) is 136 cm³/mol. The molecule has 1 aliphatic rings. The summed E-state index contributed by atoms with van der Waals surface area (Å²) in [7, 11) is 1.69. The molecule has 2 aromatic carbocycles. The van der Waals surface area contributed by atoms with Crippen molar-refractivity contribution in [3.63, 3.8) is 0 Å². The molecule has 1 unspecified atom stereocenters.